The van der Waals surface area contributed by atoms with Crippen molar-refractivity contribution in [3.63, 3.8) is 0 Å². The van der Waals surface area contributed by atoms with Crippen molar-refractivity contribution in [3.05, 3.63) is 41.7 Å². The Morgan fingerprint density at radius 1 is 1.14 bits per heavy atom. The maximum absolute atomic E-state index is 5.47. The molecule has 0 amide bonds. The van der Waals surface area contributed by atoms with E-state index < -0.39 is 0 Å². The van der Waals surface area contributed by atoms with Crippen molar-refractivity contribution in [3.8, 4) is 5.75 Å². The minimum absolute atomic E-state index is 0.348. The van der Waals surface area contributed by atoms with E-state index in [0.29, 0.717) is 11.8 Å². The second-order valence-corrected chi connectivity index (χ2v) is 5.15. The van der Waals surface area contributed by atoms with Crippen molar-refractivity contribution < 1.29 is 4.74 Å². The Morgan fingerprint density at radius 2 is 1.81 bits per heavy atom. The van der Waals surface area contributed by atoms with Gasteiger partial charge in [-0.05, 0) is 30.9 Å². The van der Waals surface area contributed by atoms with E-state index in [1.165, 1.54) is 11.1 Å². The molecule has 2 N–H and O–H groups in total. The van der Waals surface area contributed by atoms with Gasteiger partial charge in [0.25, 0.3) is 0 Å². The van der Waals surface area contributed by atoms with Crippen LogP contribution in [0.4, 0.5) is 11.6 Å². The van der Waals surface area contributed by atoms with Crippen molar-refractivity contribution in [1.82, 2.24) is 9.97 Å². The van der Waals surface area contributed by atoms with E-state index >= 15 is 0 Å². The summed E-state index contributed by atoms with van der Waals surface area (Å²) in [5.41, 5.74) is 2.82. The molecule has 5 heteroatoms. The zero-order chi connectivity index (χ0) is 14.7. The Hall–Kier alpha value is -2.30. The molecule has 0 fully saturated rings. The first-order valence-corrected chi connectivity index (χ1v) is 7.28. The van der Waals surface area contributed by atoms with Crippen molar-refractivity contribution in [2.45, 2.75) is 25.8 Å². The highest BCUT2D eigenvalue weighted by atomic mass is 16.5. The van der Waals surface area contributed by atoms with E-state index in [2.05, 4.69) is 44.9 Å². The summed E-state index contributed by atoms with van der Waals surface area (Å²) in [6.07, 6.45) is 3.59. The minimum Gasteiger partial charge on any atom is -0.490 e. The van der Waals surface area contributed by atoms with Crippen molar-refractivity contribution in [1.29, 1.82) is 0 Å². The molecule has 21 heavy (non-hydrogen) atoms. The average Bonchev–Trinajstić information content (AvgIpc) is 2.90. The molecule has 110 valence electrons. The molecule has 1 heterocycles. The highest BCUT2D eigenvalue weighted by molar-refractivity contribution is 5.64. The van der Waals surface area contributed by atoms with Crippen LogP contribution in [0.15, 0.2) is 30.6 Å². The van der Waals surface area contributed by atoms with Gasteiger partial charge >= 0.3 is 0 Å². The SMILES string of the molecule is CCNc1ncnc(NC2Cc3ccccc3C2)c1OC. The number of anilines is 2. The standard InChI is InChI=1S/C16H20N4O/c1-3-17-15-14(21-2)16(19-10-18-15)20-13-8-11-6-4-5-7-12(11)9-13/h4-7,10,13H,3,8-9H2,1-2H3,(H2,17,18,19,20). The van der Waals surface area contributed by atoms with Crippen LogP contribution in [0, 0.1) is 0 Å². The topological polar surface area (TPSA) is 59.1 Å². The van der Waals surface area contributed by atoms with Gasteiger partial charge in [-0.2, -0.15) is 0 Å². The van der Waals surface area contributed by atoms with Crippen LogP contribution in [0.1, 0.15) is 18.1 Å². The highest BCUT2D eigenvalue weighted by Gasteiger charge is 2.23. The van der Waals surface area contributed by atoms with Gasteiger partial charge in [0.1, 0.15) is 6.33 Å². The first-order valence-electron chi connectivity index (χ1n) is 7.28. The molecule has 1 aromatic carbocycles. The predicted molar refractivity (Wildman–Crippen MR) is 84.0 cm³/mol. The lowest BCUT2D eigenvalue weighted by atomic mass is 10.1. The van der Waals surface area contributed by atoms with Crippen LogP contribution in [-0.2, 0) is 12.8 Å². The number of rotatable bonds is 5. The zero-order valence-corrected chi connectivity index (χ0v) is 12.4. The lowest BCUT2D eigenvalue weighted by molar-refractivity contribution is 0.414. The fourth-order valence-corrected chi connectivity index (χ4v) is 2.82. The third-order valence-corrected chi connectivity index (χ3v) is 3.74. The molecule has 0 radical (unpaired) electrons. The number of nitrogens with zero attached hydrogens (tertiary/aromatic N) is 2. The molecule has 0 aliphatic heterocycles. The zero-order valence-electron chi connectivity index (χ0n) is 12.4. The number of nitrogens with one attached hydrogen (secondary N) is 2. The van der Waals surface area contributed by atoms with Crippen molar-refractivity contribution in [2.75, 3.05) is 24.3 Å². The molecule has 0 saturated carbocycles. The van der Waals surface area contributed by atoms with Gasteiger partial charge in [-0.15, -0.1) is 0 Å². The number of benzene rings is 1. The van der Waals surface area contributed by atoms with Crippen LogP contribution in [0.5, 0.6) is 5.75 Å². The smallest absolute Gasteiger partial charge is 0.204 e. The third-order valence-electron chi connectivity index (χ3n) is 3.74. The largest absolute Gasteiger partial charge is 0.490 e. The normalized spacial score (nSPS) is 13.8. The van der Waals surface area contributed by atoms with Crippen molar-refractivity contribution >= 4 is 11.6 Å². The van der Waals surface area contributed by atoms with Gasteiger partial charge in [0, 0.05) is 12.6 Å². The fourth-order valence-electron chi connectivity index (χ4n) is 2.82. The van der Waals surface area contributed by atoms with E-state index in [9.17, 15) is 0 Å². The first kappa shape index (κ1) is 13.7. The lowest BCUT2D eigenvalue weighted by Crippen LogP contribution is -2.21. The summed E-state index contributed by atoms with van der Waals surface area (Å²) in [4.78, 5) is 8.56. The molecular weight excluding hydrogens is 264 g/mol. The summed E-state index contributed by atoms with van der Waals surface area (Å²) >= 11 is 0. The molecule has 0 atom stereocenters. The van der Waals surface area contributed by atoms with E-state index in [4.69, 9.17) is 4.74 Å². The van der Waals surface area contributed by atoms with Crippen LogP contribution in [0.2, 0.25) is 0 Å². The Labute approximate surface area is 124 Å². The quantitative estimate of drug-likeness (QED) is 0.883. The van der Waals surface area contributed by atoms with Crippen LogP contribution >= 0.6 is 0 Å². The molecule has 0 bridgehead atoms. The summed E-state index contributed by atoms with van der Waals surface area (Å²) in [5.74, 6) is 2.16. The van der Waals surface area contributed by atoms with Gasteiger partial charge in [0.05, 0.1) is 7.11 Å². The third kappa shape index (κ3) is 2.77. The lowest BCUT2D eigenvalue weighted by Gasteiger charge is -2.17. The maximum atomic E-state index is 5.47. The van der Waals surface area contributed by atoms with Crippen molar-refractivity contribution in [2.24, 2.45) is 0 Å². The molecule has 0 saturated heterocycles. The van der Waals surface area contributed by atoms with Gasteiger partial charge in [-0.1, -0.05) is 24.3 Å². The second-order valence-electron chi connectivity index (χ2n) is 5.15. The molecular formula is C16H20N4O. The summed E-state index contributed by atoms with van der Waals surface area (Å²) in [5, 5.41) is 6.68. The molecule has 1 aliphatic rings. The minimum atomic E-state index is 0.348. The molecule has 0 unspecified atom stereocenters. The van der Waals surface area contributed by atoms with Gasteiger partial charge in [-0.3, -0.25) is 0 Å². The Morgan fingerprint density at radius 3 is 2.43 bits per heavy atom. The number of methoxy groups -OCH3 is 1. The highest BCUT2D eigenvalue weighted by Crippen LogP contribution is 2.31. The van der Waals surface area contributed by atoms with Crippen LogP contribution < -0.4 is 15.4 Å². The van der Waals surface area contributed by atoms with E-state index in [-0.39, 0.29) is 0 Å². The number of aromatic nitrogens is 2. The Balaban J connectivity index is 1.79. The number of ether oxygens (including phenoxy) is 1. The molecule has 1 aliphatic carbocycles. The molecule has 5 nitrogen and oxygen atoms in total. The van der Waals surface area contributed by atoms with Crippen LogP contribution in [0.3, 0.4) is 0 Å². The monoisotopic (exact) mass is 284 g/mol. The Bertz CT molecular complexity index is 604. The van der Waals surface area contributed by atoms with Crippen LogP contribution in [-0.4, -0.2) is 29.7 Å². The van der Waals surface area contributed by atoms with E-state index in [1.54, 1.807) is 13.4 Å². The second kappa shape index (κ2) is 5.99. The van der Waals surface area contributed by atoms with Gasteiger partial charge < -0.3 is 15.4 Å². The summed E-state index contributed by atoms with van der Waals surface area (Å²) in [6, 6.07) is 8.92. The maximum Gasteiger partial charge on any atom is 0.204 e. The van der Waals surface area contributed by atoms with Crippen LogP contribution in [0.25, 0.3) is 0 Å². The molecule has 0 spiro atoms. The Kier molecular flexibility index (Phi) is 3.90. The first-order chi connectivity index (χ1) is 10.3. The number of hydrogen-bond acceptors (Lipinski definition) is 5. The molecule has 3 rings (SSSR count). The van der Waals surface area contributed by atoms with E-state index in [1.807, 2.05) is 6.92 Å². The fraction of sp³-hybridized carbons (Fsp3) is 0.375. The average molecular weight is 284 g/mol. The van der Waals surface area contributed by atoms with E-state index in [0.717, 1.165) is 31.0 Å². The number of fused-ring (bicyclic) bond motifs is 1. The summed E-state index contributed by atoms with van der Waals surface area (Å²) in [6.45, 7) is 2.82. The van der Waals surface area contributed by atoms with Gasteiger partial charge in [-0.25, -0.2) is 9.97 Å². The molecule has 1 aromatic heterocycles. The van der Waals surface area contributed by atoms with Gasteiger partial charge in [0.2, 0.25) is 5.75 Å². The predicted octanol–water partition coefficient (Wildman–Crippen LogP) is 2.50. The summed E-state index contributed by atoms with van der Waals surface area (Å²) in [7, 11) is 1.65. The molecule has 2 aromatic rings. The number of hydrogen-bond donors (Lipinski definition) is 2. The van der Waals surface area contributed by atoms with Gasteiger partial charge in [0.15, 0.2) is 11.6 Å². The summed E-state index contributed by atoms with van der Waals surface area (Å²) < 4.78 is 5.47.